The average Bonchev–Trinajstić information content (AvgIpc) is 2.88. The molecule has 2 heterocycles. The zero-order valence-corrected chi connectivity index (χ0v) is 12.1. The van der Waals surface area contributed by atoms with Crippen molar-refractivity contribution in [2.24, 2.45) is 5.73 Å². The van der Waals surface area contributed by atoms with Gasteiger partial charge in [0.25, 0.3) is 0 Å². The van der Waals surface area contributed by atoms with E-state index in [-0.39, 0.29) is 0 Å². The summed E-state index contributed by atoms with van der Waals surface area (Å²) in [5, 5.41) is 0.858. The van der Waals surface area contributed by atoms with Crippen LogP contribution in [0.4, 0.5) is 0 Å². The van der Waals surface area contributed by atoms with E-state index in [1.807, 2.05) is 6.07 Å². The Morgan fingerprint density at radius 1 is 1.26 bits per heavy atom. The van der Waals surface area contributed by atoms with Gasteiger partial charge in [-0.05, 0) is 36.6 Å². The SMILES string of the molecule is NCc1ccc(CN2CCN3CCCC3C2)c(Cl)c1. The molecule has 3 rings (SSSR count). The van der Waals surface area contributed by atoms with Crippen LogP contribution < -0.4 is 5.73 Å². The maximum absolute atomic E-state index is 6.35. The fraction of sp³-hybridized carbons (Fsp3) is 0.600. The Labute approximate surface area is 120 Å². The molecule has 0 aromatic heterocycles. The van der Waals surface area contributed by atoms with Crippen molar-refractivity contribution >= 4 is 11.6 Å². The monoisotopic (exact) mass is 279 g/mol. The van der Waals surface area contributed by atoms with Gasteiger partial charge in [0.15, 0.2) is 0 Å². The van der Waals surface area contributed by atoms with Crippen molar-refractivity contribution in [1.29, 1.82) is 0 Å². The van der Waals surface area contributed by atoms with Gasteiger partial charge in [0, 0.05) is 43.8 Å². The molecule has 2 N–H and O–H groups in total. The zero-order valence-electron chi connectivity index (χ0n) is 11.3. The lowest BCUT2D eigenvalue weighted by Crippen LogP contribution is -2.49. The van der Waals surface area contributed by atoms with E-state index in [0.717, 1.165) is 29.7 Å². The number of rotatable bonds is 3. The van der Waals surface area contributed by atoms with E-state index >= 15 is 0 Å². The molecule has 2 fully saturated rings. The lowest BCUT2D eigenvalue weighted by Gasteiger charge is -2.37. The summed E-state index contributed by atoms with van der Waals surface area (Å²) in [4.78, 5) is 5.17. The third-order valence-corrected chi connectivity index (χ3v) is 4.77. The van der Waals surface area contributed by atoms with Crippen LogP contribution in [0.5, 0.6) is 0 Å². The number of nitrogens with zero attached hydrogens (tertiary/aromatic N) is 2. The number of benzene rings is 1. The van der Waals surface area contributed by atoms with Crippen LogP contribution >= 0.6 is 11.6 Å². The number of fused-ring (bicyclic) bond motifs is 1. The highest BCUT2D eigenvalue weighted by Crippen LogP contribution is 2.24. The fourth-order valence-electron chi connectivity index (χ4n) is 3.29. The molecule has 1 atom stereocenters. The Bertz CT molecular complexity index is 449. The number of nitrogens with two attached hydrogens (primary N) is 1. The highest BCUT2D eigenvalue weighted by atomic mass is 35.5. The van der Waals surface area contributed by atoms with Gasteiger partial charge in [-0.25, -0.2) is 0 Å². The van der Waals surface area contributed by atoms with E-state index in [0.29, 0.717) is 6.54 Å². The number of halogens is 1. The van der Waals surface area contributed by atoms with Crippen LogP contribution in [0.15, 0.2) is 18.2 Å². The third kappa shape index (κ3) is 2.95. The second kappa shape index (κ2) is 5.80. The standard InChI is InChI=1S/C15H22ClN3/c16-15-8-12(9-17)3-4-13(15)10-18-6-7-19-5-1-2-14(19)11-18/h3-4,8,14H,1-2,5-7,9-11,17H2. The maximum atomic E-state index is 6.35. The first-order valence-electron chi connectivity index (χ1n) is 7.20. The van der Waals surface area contributed by atoms with Crippen molar-refractivity contribution in [3.8, 4) is 0 Å². The average molecular weight is 280 g/mol. The number of hydrogen-bond acceptors (Lipinski definition) is 3. The van der Waals surface area contributed by atoms with Crippen LogP contribution in [0.3, 0.4) is 0 Å². The molecule has 1 unspecified atom stereocenters. The molecule has 0 bridgehead atoms. The Kier molecular flexibility index (Phi) is 4.08. The minimum absolute atomic E-state index is 0.556. The largest absolute Gasteiger partial charge is 0.326 e. The van der Waals surface area contributed by atoms with Crippen LogP contribution in [0.25, 0.3) is 0 Å². The van der Waals surface area contributed by atoms with E-state index in [1.54, 1.807) is 0 Å². The van der Waals surface area contributed by atoms with Crippen molar-refractivity contribution in [2.75, 3.05) is 26.2 Å². The predicted octanol–water partition coefficient (Wildman–Crippen LogP) is 2.08. The maximum Gasteiger partial charge on any atom is 0.0454 e. The van der Waals surface area contributed by atoms with Gasteiger partial charge >= 0.3 is 0 Å². The minimum atomic E-state index is 0.556. The first kappa shape index (κ1) is 13.4. The molecule has 3 nitrogen and oxygen atoms in total. The second-order valence-electron chi connectivity index (χ2n) is 5.70. The first-order chi connectivity index (χ1) is 9.26. The van der Waals surface area contributed by atoms with Crippen molar-refractivity contribution < 1.29 is 0 Å². The molecule has 0 spiro atoms. The Hall–Kier alpha value is -0.610. The third-order valence-electron chi connectivity index (χ3n) is 4.42. The molecule has 2 aliphatic heterocycles. The number of hydrogen-bond donors (Lipinski definition) is 1. The summed E-state index contributed by atoms with van der Waals surface area (Å²) in [5.74, 6) is 0. The Balaban J connectivity index is 1.65. The summed E-state index contributed by atoms with van der Waals surface area (Å²) in [7, 11) is 0. The summed E-state index contributed by atoms with van der Waals surface area (Å²) in [6.45, 7) is 6.38. The zero-order chi connectivity index (χ0) is 13.2. The molecule has 0 radical (unpaired) electrons. The van der Waals surface area contributed by atoms with Gasteiger partial charge in [0.2, 0.25) is 0 Å². The van der Waals surface area contributed by atoms with Crippen molar-refractivity contribution in [3.05, 3.63) is 34.3 Å². The smallest absolute Gasteiger partial charge is 0.0454 e. The van der Waals surface area contributed by atoms with E-state index in [4.69, 9.17) is 17.3 Å². The molecule has 0 saturated carbocycles. The predicted molar refractivity (Wildman–Crippen MR) is 79.2 cm³/mol. The van der Waals surface area contributed by atoms with Crippen molar-refractivity contribution in [2.45, 2.75) is 32.0 Å². The Morgan fingerprint density at radius 3 is 2.95 bits per heavy atom. The molecular weight excluding hydrogens is 258 g/mol. The van der Waals surface area contributed by atoms with Crippen LogP contribution in [0, 0.1) is 0 Å². The van der Waals surface area contributed by atoms with Crippen LogP contribution in [0.1, 0.15) is 24.0 Å². The summed E-state index contributed by atoms with van der Waals surface area (Å²) in [6.07, 6.45) is 2.72. The van der Waals surface area contributed by atoms with E-state index in [9.17, 15) is 0 Å². The van der Waals surface area contributed by atoms with Gasteiger partial charge in [-0.2, -0.15) is 0 Å². The summed E-state index contributed by atoms with van der Waals surface area (Å²) >= 11 is 6.35. The summed E-state index contributed by atoms with van der Waals surface area (Å²) in [5.41, 5.74) is 7.97. The molecule has 0 aliphatic carbocycles. The molecule has 1 aromatic rings. The Morgan fingerprint density at radius 2 is 2.16 bits per heavy atom. The highest BCUT2D eigenvalue weighted by Gasteiger charge is 2.30. The van der Waals surface area contributed by atoms with Crippen LogP contribution in [-0.4, -0.2) is 42.0 Å². The van der Waals surface area contributed by atoms with E-state index in [2.05, 4.69) is 21.9 Å². The molecule has 2 saturated heterocycles. The first-order valence-corrected chi connectivity index (χ1v) is 7.58. The lowest BCUT2D eigenvalue weighted by atomic mass is 10.1. The van der Waals surface area contributed by atoms with Gasteiger partial charge < -0.3 is 5.73 Å². The van der Waals surface area contributed by atoms with Crippen LogP contribution in [-0.2, 0) is 13.1 Å². The number of piperazine rings is 1. The molecule has 19 heavy (non-hydrogen) atoms. The van der Waals surface area contributed by atoms with Crippen molar-refractivity contribution in [3.63, 3.8) is 0 Å². The van der Waals surface area contributed by atoms with E-state index < -0.39 is 0 Å². The highest BCUT2D eigenvalue weighted by molar-refractivity contribution is 6.31. The van der Waals surface area contributed by atoms with Gasteiger partial charge in [-0.1, -0.05) is 23.7 Å². The quantitative estimate of drug-likeness (QED) is 0.920. The molecule has 0 amide bonds. The van der Waals surface area contributed by atoms with Gasteiger partial charge in [-0.15, -0.1) is 0 Å². The lowest BCUT2D eigenvalue weighted by molar-refractivity contribution is 0.0994. The van der Waals surface area contributed by atoms with E-state index in [1.165, 1.54) is 38.0 Å². The molecule has 104 valence electrons. The van der Waals surface area contributed by atoms with Gasteiger partial charge in [0.1, 0.15) is 0 Å². The van der Waals surface area contributed by atoms with Gasteiger partial charge in [-0.3, -0.25) is 9.80 Å². The van der Waals surface area contributed by atoms with Crippen molar-refractivity contribution in [1.82, 2.24) is 9.80 Å². The molecule has 1 aromatic carbocycles. The summed E-state index contributed by atoms with van der Waals surface area (Å²) in [6, 6.07) is 7.00. The molecule has 2 aliphatic rings. The molecular formula is C15H22ClN3. The van der Waals surface area contributed by atoms with Crippen LogP contribution in [0.2, 0.25) is 5.02 Å². The minimum Gasteiger partial charge on any atom is -0.326 e. The van der Waals surface area contributed by atoms with Gasteiger partial charge in [0.05, 0.1) is 0 Å². The summed E-state index contributed by atoms with van der Waals surface area (Å²) < 4.78 is 0. The fourth-order valence-corrected chi connectivity index (χ4v) is 3.55. The topological polar surface area (TPSA) is 32.5 Å². The second-order valence-corrected chi connectivity index (χ2v) is 6.10. The normalized spacial score (nSPS) is 24.6. The molecule has 4 heteroatoms.